The number of hydrogen-bond donors (Lipinski definition) is 0. The molecule has 0 amide bonds. The molecule has 5 rings (SSSR count). The van der Waals surface area contributed by atoms with Crippen LogP contribution in [0.5, 0.6) is 0 Å². The van der Waals surface area contributed by atoms with Crippen LogP contribution in [0.25, 0.3) is 0 Å². The van der Waals surface area contributed by atoms with Crippen molar-refractivity contribution in [2.75, 3.05) is 13.2 Å². The number of allylic oxidation sites excluding steroid dienone is 5. The number of ether oxygens (including phenoxy) is 2. The lowest BCUT2D eigenvalue weighted by atomic mass is 9.59. The Labute approximate surface area is 143 Å². The highest BCUT2D eigenvalue weighted by Crippen LogP contribution is 2.57. The third-order valence-corrected chi connectivity index (χ3v) is 7.25. The van der Waals surface area contributed by atoms with E-state index in [9.17, 15) is 4.79 Å². The van der Waals surface area contributed by atoms with Crippen LogP contribution in [-0.4, -0.2) is 24.8 Å². The van der Waals surface area contributed by atoms with Crippen molar-refractivity contribution in [3.8, 4) is 0 Å². The van der Waals surface area contributed by atoms with Crippen LogP contribution in [0.3, 0.4) is 0 Å². The average Bonchev–Trinajstić information content (AvgIpc) is 3.19. The van der Waals surface area contributed by atoms with Gasteiger partial charge in [-0.1, -0.05) is 19.1 Å². The van der Waals surface area contributed by atoms with Gasteiger partial charge in [0.1, 0.15) is 5.78 Å². The van der Waals surface area contributed by atoms with Crippen molar-refractivity contribution in [1.29, 1.82) is 0 Å². The lowest BCUT2D eigenvalue weighted by molar-refractivity contribution is -0.125. The van der Waals surface area contributed by atoms with Crippen molar-refractivity contribution in [1.82, 2.24) is 0 Å². The molecule has 3 atom stereocenters. The van der Waals surface area contributed by atoms with Crippen molar-refractivity contribution < 1.29 is 14.3 Å². The van der Waals surface area contributed by atoms with E-state index < -0.39 is 5.79 Å². The Morgan fingerprint density at radius 2 is 2.00 bits per heavy atom. The van der Waals surface area contributed by atoms with Gasteiger partial charge in [-0.15, -0.1) is 0 Å². The summed E-state index contributed by atoms with van der Waals surface area (Å²) in [5.41, 5.74) is 4.32. The fourth-order valence-corrected chi connectivity index (χ4v) is 6.04. The largest absolute Gasteiger partial charge is 0.344 e. The van der Waals surface area contributed by atoms with Crippen molar-refractivity contribution in [2.24, 2.45) is 17.3 Å². The zero-order valence-corrected chi connectivity index (χ0v) is 14.5. The molecule has 1 heterocycles. The molecule has 128 valence electrons. The smallest absolute Gasteiger partial charge is 0.188 e. The fraction of sp³-hybridized carbons (Fsp3) is 0.667. The SMILES string of the molecule is CCC12C=CC3=C4CCC5(C=C4CC[C@H]3[C@@H]1CCC2=O)OCCO5. The summed E-state index contributed by atoms with van der Waals surface area (Å²) in [7, 11) is 0. The van der Waals surface area contributed by atoms with Gasteiger partial charge in [0, 0.05) is 12.8 Å². The molecule has 3 nitrogen and oxygen atoms in total. The molecule has 1 saturated carbocycles. The molecular formula is C21H26O3. The van der Waals surface area contributed by atoms with Crippen LogP contribution in [0.4, 0.5) is 0 Å². The topological polar surface area (TPSA) is 35.5 Å². The second kappa shape index (κ2) is 5.15. The summed E-state index contributed by atoms with van der Waals surface area (Å²) in [5.74, 6) is 1.14. The summed E-state index contributed by atoms with van der Waals surface area (Å²) >= 11 is 0. The molecule has 1 spiro atoms. The van der Waals surface area contributed by atoms with Crippen molar-refractivity contribution in [3.63, 3.8) is 0 Å². The number of hydrogen-bond acceptors (Lipinski definition) is 3. The maximum absolute atomic E-state index is 12.6. The van der Waals surface area contributed by atoms with Gasteiger partial charge in [-0.05, 0) is 66.7 Å². The minimum Gasteiger partial charge on any atom is -0.344 e. The normalized spacial score (nSPS) is 39.7. The lowest BCUT2D eigenvalue weighted by Gasteiger charge is -2.45. The van der Waals surface area contributed by atoms with Crippen molar-refractivity contribution >= 4 is 5.78 Å². The first-order chi connectivity index (χ1) is 11.7. The third-order valence-electron chi connectivity index (χ3n) is 7.25. The van der Waals surface area contributed by atoms with Crippen LogP contribution in [0.2, 0.25) is 0 Å². The van der Waals surface area contributed by atoms with Crippen LogP contribution < -0.4 is 0 Å². The van der Waals surface area contributed by atoms with Gasteiger partial charge >= 0.3 is 0 Å². The standard InChI is InChI=1S/C21H26O3/c1-2-20-9-7-16-15-8-10-21(23-11-12-24-21)13-14(15)3-4-17(16)18(20)5-6-19(20)22/h7,9,13,17-18H,2-6,8,10-12H2,1H3/t17-,18+,20?/m1/s1. The molecule has 1 unspecified atom stereocenters. The highest BCUT2D eigenvalue weighted by atomic mass is 16.7. The zero-order chi connectivity index (χ0) is 16.4. The summed E-state index contributed by atoms with van der Waals surface area (Å²) in [5, 5.41) is 0. The molecule has 0 bridgehead atoms. The minimum atomic E-state index is -0.443. The molecule has 5 aliphatic rings. The highest BCUT2D eigenvalue weighted by Gasteiger charge is 2.53. The minimum absolute atomic E-state index is 0.163. The Morgan fingerprint density at radius 1 is 1.17 bits per heavy atom. The first kappa shape index (κ1) is 15.1. The van der Waals surface area contributed by atoms with Gasteiger partial charge in [-0.2, -0.15) is 0 Å². The van der Waals surface area contributed by atoms with E-state index in [1.807, 2.05) is 0 Å². The Kier molecular flexibility index (Phi) is 3.24. The quantitative estimate of drug-likeness (QED) is 0.728. The van der Waals surface area contributed by atoms with E-state index in [1.165, 1.54) is 23.1 Å². The van der Waals surface area contributed by atoms with E-state index in [1.54, 1.807) is 0 Å². The fourth-order valence-electron chi connectivity index (χ4n) is 6.04. The molecule has 0 N–H and O–H groups in total. The third kappa shape index (κ3) is 1.89. The van der Waals surface area contributed by atoms with Gasteiger partial charge in [-0.3, -0.25) is 4.79 Å². The van der Waals surface area contributed by atoms with Crippen LogP contribution in [0.1, 0.15) is 51.9 Å². The average molecular weight is 326 g/mol. The summed E-state index contributed by atoms with van der Waals surface area (Å²) in [6.07, 6.45) is 13.9. The van der Waals surface area contributed by atoms with Gasteiger partial charge < -0.3 is 9.47 Å². The van der Waals surface area contributed by atoms with Gasteiger partial charge in [-0.25, -0.2) is 0 Å². The molecule has 0 radical (unpaired) electrons. The number of carbonyl (C=O) groups is 1. The summed E-state index contributed by atoms with van der Waals surface area (Å²) in [4.78, 5) is 12.6. The Bertz CT molecular complexity index is 677. The first-order valence-corrected chi connectivity index (χ1v) is 9.63. The summed E-state index contributed by atoms with van der Waals surface area (Å²) < 4.78 is 11.8. The van der Waals surface area contributed by atoms with E-state index in [0.29, 0.717) is 30.8 Å². The number of fused-ring (bicyclic) bond motifs is 4. The number of ketones is 1. The van der Waals surface area contributed by atoms with Crippen LogP contribution in [-0.2, 0) is 14.3 Å². The molecular weight excluding hydrogens is 300 g/mol. The predicted molar refractivity (Wildman–Crippen MR) is 91.3 cm³/mol. The maximum Gasteiger partial charge on any atom is 0.188 e. The van der Waals surface area contributed by atoms with E-state index in [2.05, 4.69) is 25.2 Å². The molecule has 1 saturated heterocycles. The van der Waals surface area contributed by atoms with E-state index >= 15 is 0 Å². The molecule has 0 aromatic heterocycles. The molecule has 1 aliphatic heterocycles. The van der Waals surface area contributed by atoms with Gasteiger partial charge in [0.05, 0.1) is 18.6 Å². The Hall–Kier alpha value is -1.19. The van der Waals surface area contributed by atoms with Crippen molar-refractivity contribution in [3.05, 3.63) is 34.9 Å². The van der Waals surface area contributed by atoms with Crippen LogP contribution in [0.15, 0.2) is 34.9 Å². The predicted octanol–water partition coefficient (Wildman–Crippen LogP) is 4.10. The number of Topliss-reactive ketones (excluding diaryl/α,β-unsaturated/α-hetero) is 1. The second-order valence-electron chi connectivity index (χ2n) is 8.05. The van der Waals surface area contributed by atoms with E-state index in [0.717, 1.165) is 38.5 Å². The molecule has 3 heteroatoms. The molecule has 24 heavy (non-hydrogen) atoms. The number of carbonyl (C=O) groups excluding carboxylic acids is 1. The molecule has 4 aliphatic carbocycles. The zero-order valence-electron chi connectivity index (χ0n) is 14.5. The Morgan fingerprint density at radius 3 is 2.79 bits per heavy atom. The summed E-state index contributed by atoms with van der Waals surface area (Å²) in [6.45, 7) is 3.61. The lowest BCUT2D eigenvalue weighted by Crippen LogP contribution is -2.40. The highest BCUT2D eigenvalue weighted by molar-refractivity contribution is 5.90. The van der Waals surface area contributed by atoms with Gasteiger partial charge in [0.25, 0.3) is 0 Å². The van der Waals surface area contributed by atoms with Crippen molar-refractivity contribution in [2.45, 2.75) is 57.7 Å². The van der Waals surface area contributed by atoms with Crippen LogP contribution >= 0.6 is 0 Å². The molecule has 0 aromatic carbocycles. The van der Waals surface area contributed by atoms with E-state index in [-0.39, 0.29) is 5.41 Å². The molecule has 2 fully saturated rings. The second-order valence-corrected chi connectivity index (χ2v) is 8.05. The molecule has 0 aromatic rings. The maximum atomic E-state index is 12.6. The number of rotatable bonds is 1. The monoisotopic (exact) mass is 326 g/mol. The van der Waals surface area contributed by atoms with Crippen LogP contribution in [0, 0.1) is 17.3 Å². The van der Waals surface area contributed by atoms with Gasteiger partial charge in [0.15, 0.2) is 5.79 Å². The van der Waals surface area contributed by atoms with Gasteiger partial charge in [0.2, 0.25) is 0 Å². The van der Waals surface area contributed by atoms with E-state index in [4.69, 9.17) is 9.47 Å². The first-order valence-electron chi connectivity index (χ1n) is 9.63. The Balaban J connectivity index is 1.57. The summed E-state index contributed by atoms with van der Waals surface area (Å²) in [6, 6.07) is 0.